The number of thioether (sulfide) groups is 1. The smallest absolute Gasteiger partial charge is 0.247 e. The van der Waals surface area contributed by atoms with Crippen LogP contribution in [-0.4, -0.2) is 10.2 Å². The summed E-state index contributed by atoms with van der Waals surface area (Å²) >= 11 is 4.98. The lowest BCUT2D eigenvalue weighted by Crippen LogP contribution is -1.94. The topological polar surface area (TPSA) is 38.9 Å². The molecule has 1 unspecified atom stereocenters. The molecular weight excluding hydrogens is 379 g/mol. The predicted octanol–water partition coefficient (Wildman–Crippen LogP) is 5.63. The molecule has 3 aromatic rings. The second-order valence-electron chi connectivity index (χ2n) is 4.99. The van der Waals surface area contributed by atoms with Crippen LogP contribution in [0, 0.1) is 5.82 Å². The van der Waals surface area contributed by atoms with E-state index >= 15 is 0 Å². The van der Waals surface area contributed by atoms with Gasteiger partial charge in [-0.25, -0.2) is 4.39 Å². The summed E-state index contributed by atoms with van der Waals surface area (Å²) in [4.78, 5) is 0. The first-order valence-electron chi connectivity index (χ1n) is 7.08. The lowest BCUT2D eigenvalue weighted by Gasteiger charge is -2.10. The number of halogens is 2. The van der Waals surface area contributed by atoms with Gasteiger partial charge in [0, 0.05) is 20.8 Å². The molecule has 118 valence electrons. The van der Waals surface area contributed by atoms with Crippen LogP contribution in [0.5, 0.6) is 0 Å². The van der Waals surface area contributed by atoms with Crippen molar-refractivity contribution >= 4 is 27.7 Å². The molecule has 0 amide bonds. The van der Waals surface area contributed by atoms with Crippen molar-refractivity contribution in [2.45, 2.75) is 17.9 Å². The summed E-state index contributed by atoms with van der Waals surface area (Å²) in [6, 6.07) is 14.5. The van der Waals surface area contributed by atoms with Crippen LogP contribution in [0.1, 0.15) is 23.6 Å². The van der Waals surface area contributed by atoms with Gasteiger partial charge in [0.05, 0.1) is 5.75 Å². The Bertz CT molecular complexity index is 809. The van der Waals surface area contributed by atoms with E-state index in [2.05, 4.69) is 26.1 Å². The van der Waals surface area contributed by atoms with E-state index in [0.29, 0.717) is 23.1 Å². The highest BCUT2D eigenvalue weighted by molar-refractivity contribution is 9.10. The molecule has 0 saturated carbocycles. The largest absolute Gasteiger partial charge is 0.420 e. The molecule has 0 fully saturated rings. The molecule has 1 atom stereocenters. The molecule has 1 aromatic heterocycles. The van der Waals surface area contributed by atoms with E-state index < -0.39 is 0 Å². The van der Waals surface area contributed by atoms with Crippen molar-refractivity contribution in [1.82, 2.24) is 10.2 Å². The summed E-state index contributed by atoms with van der Waals surface area (Å²) < 4.78 is 20.4. The van der Waals surface area contributed by atoms with Gasteiger partial charge in [-0.15, -0.1) is 22.0 Å². The van der Waals surface area contributed by atoms with Crippen LogP contribution in [0.4, 0.5) is 4.39 Å². The third-order valence-electron chi connectivity index (χ3n) is 3.34. The molecule has 3 nitrogen and oxygen atoms in total. The van der Waals surface area contributed by atoms with Gasteiger partial charge < -0.3 is 4.42 Å². The zero-order valence-electron chi connectivity index (χ0n) is 12.4. The average Bonchev–Trinajstić information content (AvgIpc) is 3.02. The standard InChI is InChI=1S/C17H14BrFN2OS/c1-11(14-7-2-3-8-15(14)19)23-10-16-20-21-17(22-16)12-5-4-6-13(18)9-12/h2-9,11H,10H2,1H3. The Kier molecular flexibility index (Phi) is 5.13. The zero-order chi connectivity index (χ0) is 16.2. The summed E-state index contributed by atoms with van der Waals surface area (Å²) in [7, 11) is 0. The first kappa shape index (κ1) is 16.2. The van der Waals surface area contributed by atoms with Crippen molar-refractivity contribution in [3.05, 3.63) is 70.3 Å². The van der Waals surface area contributed by atoms with Crippen molar-refractivity contribution in [1.29, 1.82) is 0 Å². The van der Waals surface area contributed by atoms with Crippen LogP contribution >= 0.6 is 27.7 Å². The van der Waals surface area contributed by atoms with E-state index in [1.165, 1.54) is 6.07 Å². The summed E-state index contributed by atoms with van der Waals surface area (Å²) in [5, 5.41) is 8.15. The number of nitrogens with zero attached hydrogens (tertiary/aromatic N) is 2. The molecule has 0 N–H and O–H groups in total. The highest BCUT2D eigenvalue weighted by Crippen LogP contribution is 2.32. The van der Waals surface area contributed by atoms with Gasteiger partial charge in [0.15, 0.2) is 0 Å². The fourth-order valence-corrected chi connectivity index (χ4v) is 3.42. The first-order valence-corrected chi connectivity index (χ1v) is 8.92. The Hall–Kier alpha value is -1.66. The Morgan fingerprint density at radius 3 is 2.78 bits per heavy atom. The van der Waals surface area contributed by atoms with Gasteiger partial charge in [-0.2, -0.15) is 0 Å². The lowest BCUT2D eigenvalue weighted by molar-refractivity contribution is 0.528. The highest BCUT2D eigenvalue weighted by Gasteiger charge is 2.14. The number of rotatable bonds is 5. The zero-order valence-corrected chi connectivity index (χ0v) is 14.8. The van der Waals surface area contributed by atoms with Crippen molar-refractivity contribution in [3.8, 4) is 11.5 Å². The van der Waals surface area contributed by atoms with E-state index in [9.17, 15) is 4.39 Å². The Morgan fingerprint density at radius 2 is 2.00 bits per heavy atom. The van der Waals surface area contributed by atoms with Gasteiger partial charge in [0.1, 0.15) is 5.82 Å². The Morgan fingerprint density at radius 1 is 1.17 bits per heavy atom. The fourth-order valence-electron chi connectivity index (χ4n) is 2.14. The van der Waals surface area contributed by atoms with E-state index in [1.54, 1.807) is 23.9 Å². The second-order valence-corrected chi connectivity index (χ2v) is 7.23. The van der Waals surface area contributed by atoms with E-state index in [4.69, 9.17) is 4.42 Å². The molecule has 0 aliphatic heterocycles. The maximum Gasteiger partial charge on any atom is 0.247 e. The minimum absolute atomic E-state index is 0.0115. The number of hydrogen-bond acceptors (Lipinski definition) is 4. The molecule has 0 saturated heterocycles. The highest BCUT2D eigenvalue weighted by atomic mass is 79.9. The van der Waals surface area contributed by atoms with Crippen LogP contribution in [0.3, 0.4) is 0 Å². The molecule has 3 rings (SSSR count). The van der Waals surface area contributed by atoms with Crippen LogP contribution in [0.25, 0.3) is 11.5 Å². The molecular formula is C17H14BrFN2OS. The van der Waals surface area contributed by atoms with Crippen molar-refractivity contribution < 1.29 is 8.81 Å². The second kappa shape index (κ2) is 7.27. The van der Waals surface area contributed by atoms with Gasteiger partial charge in [-0.3, -0.25) is 0 Å². The number of benzene rings is 2. The summed E-state index contributed by atoms with van der Waals surface area (Å²) in [5.41, 5.74) is 1.55. The first-order chi connectivity index (χ1) is 11.1. The molecule has 0 radical (unpaired) electrons. The van der Waals surface area contributed by atoms with Crippen LogP contribution in [0.2, 0.25) is 0 Å². The fraction of sp³-hybridized carbons (Fsp3) is 0.176. The molecule has 0 aliphatic carbocycles. The summed E-state index contributed by atoms with van der Waals surface area (Å²) in [6.45, 7) is 1.97. The van der Waals surface area contributed by atoms with Gasteiger partial charge in [0.2, 0.25) is 11.8 Å². The summed E-state index contributed by atoms with van der Waals surface area (Å²) in [6.07, 6.45) is 0. The van der Waals surface area contributed by atoms with Gasteiger partial charge >= 0.3 is 0 Å². The molecule has 2 aromatic carbocycles. The van der Waals surface area contributed by atoms with E-state index in [0.717, 1.165) is 10.0 Å². The van der Waals surface area contributed by atoms with Crippen LogP contribution in [-0.2, 0) is 5.75 Å². The van der Waals surface area contributed by atoms with E-state index in [1.807, 2.05) is 37.3 Å². The number of aromatic nitrogens is 2. The van der Waals surface area contributed by atoms with Crippen LogP contribution in [0.15, 0.2) is 57.4 Å². The number of hydrogen-bond donors (Lipinski definition) is 0. The normalized spacial score (nSPS) is 12.3. The molecule has 0 spiro atoms. The maximum absolute atomic E-state index is 13.8. The van der Waals surface area contributed by atoms with Crippen molar-refractivity contribution in [3.63, 3.8) is 0 Å². The minimum atomic E-state index is -0.187. The van der Waals surface area contributed by atoms with Crippen molar-refractivity contribution in [2.24, 2.45) is 0 Å². The predicted molar refractivity (Wildman–Crippen MR) is 93.5 cm³/mol. The Balaban J connectivity index is 1.67. The van der Waals surface area contributed by atoms with Gasteiger partial charge in [-0.05, 0) is 31.2 Å². The molecule has 0 aliphatic rings. The van der Waals surface area contributed by atoms with Crippen molar-refractivity contribution in [2.75, 3.05) is 0 Å². The quantitative estimate of drug-likeness (QED) is 0.563. The van der Waals surface area contributed by atoms with Gasteiger partial charge in [-0.1, -0.05) is 40.2 Å². The molecule has 0 bridgehead atoms. The third-order valence-corrected chi connectivity index (χ3v) is 5.00. The molecule has 23 heavy (non-hydrogen) atoms. The summed E-state index contributed by atoms with van der Waals surface area (Å²) in [5.74, 6) is 1.37. The van der Waals surface area contributed by atoms with E-state index in [-0.39, 0.29) is 11.1 Å². The minimum Gasteiger partial charge on any atom is -0.420 e. The van der Waals surface area contributed by atoms with Crippen LogP contribution < -0.4 is 0 Å². The monoisotopic (exact) mass is 392 g/mol. The Labute approximate surface area is 146 Å². The molecule has 6 heteroatoms. The maximum atomic E-state index is 13.8. The lowest BCUT2D eigenvalue weighted by atomic mass is 10.1. The molecule has 1 heterocycles. The van der Waals surface area contributed by atoms with Gasteiger partial charge in [0.25, 0.3) is 0 Å². The third kappa shape index (κ3) is 4.00. The average molecular weight is 393 g/mol. The SMILES string of the molecule is CC(SCc1nnc(-c2cccc(Br)c2)o1)c1ccccc1F.